The number of carbonyl (C=O) groups excluding carboxylic acids is 2. The minimum atomic E-state index is -4.98. The molecule has 0 radical (unpaired) electrons. The Balaban J connectivity index is 1.53. The molecular weight excluding hydrogens is 686 g/mol. The summed E-state index contributed by atoms with van der Waals surface area (Å²) >= 11 is 6.94. The number of fused-ring (bicyclic) bond motifs is 2. The Morgan fingerprint density at radius 1 is 0.958 bits per heavy atom. The number of carbonyl (C=O) groups is 2. The molecule has 0 unspecified atom stereocenters. The predicted octanol–water partition coefficient (Wildman–Crippen LogP) is 8.03. The second-order valence-corrected chi connectivity index (χ2v) is 11.8. The van der Waals surface area contributed by atoms with Crippen LogP contribution in [-0.4, -0.2) is 38.5 Å². The van der Waals surface area contributed by atoms with Crippen molar-refractivity contribution in [2.45, 2.75) is 19.3 Å². The highest BCUT2D eigenvalue weighted by Gasteiger charge is 2.38. The van der Waals surface area contributed by atoms with E-state index in [4.69, 9.17) is 22.1 Å². The van der Waals surface area contributed by atoms with E-state index < -0.39 is 51.9 Å². The maximum absolute atomic E-state index is 14.3. The zero-order valence-corrected chi connectivity index (χ0v) is 26.0. The monoisotopic (exact) mass is 704 g/mol. The number of hydrogen-bond acceptors (Lipinski definition) is 7. The number of methoxy groups -OCH3 is 1. The number of alkyl halides is 6. The van der Waals surface area contributed by atoms with E-state index in [0.29, 0.717) is 21.6 Å². The number of pyridine rings is 1. The molecule has 0 spiro atoms. The summed E-state index contributed by atoms with van der Waals surface area (Å²) in [5.41, 5.74) is 2.57. The molecule has 0 saturated heterocycles. The van der Waals surface area contributed by atoms with Gasteiger partial charge in [-0.15, -0.1) is 11.3 Å². The van der Waals surface area contributed by atoms with Gasteiger partial charge in [-0.2, -0.15) is 31.4 Å². The van der Waals surface area contributed by atoms with Gasteiger partial charge in [-0.25, -0.2) is 14.5 Å². The van der Waals surface area contributed by atoms with Crippen LogP contribution in [0.3, 0.4) is 0 Å². The van der Waals surface area contributed by atoms with Crippen molar-refractivity contribution in [1.29, 1.82) is 0 Å². The quantitative estimate of drug-likeness (QED) is 0.169. The maximum atomic E-state index is 14.3. The van der Waals surface area contributed by atoms with Crippen LogP contribution >= 0.6 is 22.9 Å². The number of nitrogens with two attached hydrogens (primary N) is 1. The van der Waals surface area contributed by atoms with Crippen molar-refractivity contribution in [2.75, 3.05) is 12.4 Å². The van der Waals surface area contributed by atoms with E-state index in [0.717, 1.165) is 17.7 Å². The number of rotatable bonds is 6. The first-order valence-electron chi connectivity index (χ1n) is 13.6. The molecule has 0 aliphatic rings. The van der Waals surface area contributed by atoms with Crippen molar-refractivity contribution in [3.63, 3.8) is 0 Å². The predicted molar refractivity (Wildman–Crippen MR) is 166 cm³/mol. The van der Waals surface area contributed by atoms with Gasteiger partial charge >= 0.3 is 12.4 Å². The summed E-state index contributed by atoms with van der Waals surface area (Å²) in [6.45, 7) is 1.77. The third-order valence-electron chi connectivity index (χ3n) is 7.18. The average Bonchev–Trinajstić information content (AvgIpc) is 3.57. The Kier molecular flexibility index (Phi) is 8.03. The Hall–Kier alpha value is -5.22. The SMILES string of the molecule is COc1cccc(-c2cc(C(F)(F)F)n3nc(C(=O)Nc4c(C(N)=O)sc5nc(C(F)(F)F)cc(-c6ccc(C)cc6)c45)c(Cl)c3n2)c1. The molecule has 0 saturated carbocycles. The van der Waals surface area contributed by atoms with Gasteiger partial charge < -0.3 is 15.8 Å². The Morgan fingerprint density at radius 3 is 2.29 bits per heavy atom. The first kappa shape index (κ1) is 32.7. The molecule has 6 aromatic rings. The van der Waals surface area contributed by atoms with Gasteiger partial charge in [0.2, 0.25) is 0 Å². The molecule has 0 atom stereocenters. The number of halogens is 7. The van der Waals surface area contributed by atoms with Gasteiger partial charge in [-0.1, -0.05) is 53.6 Å². The van der Waals surface area contributed by atoms with E-state index in [1.54, 1.807) is 43.3 Å². The fraction of sp³-hybridized carbons (Fsp3) is 0.129. The number of amides is 2. The molecule has 0 bridgehead atoms. The van der Waals surface area contributed by atoms with Crippen molar-refractivity contribution in [3.8, 4) is 28.1 Å². The third kappa shape index (κ3) is 5.88. The number of aryl methyl sites for hydroxylation is 1. The van der Waals surface area contributed by atoms with E-state index in [1.807, 2.05) is 0 Å². The number of ether oxygens (including phenoxy) is 1. The Morgan fingerprint density at radius 2 is 1.67 bits per heavy atom. The van der Waals surface area contributed by atoms with E-state index in [9.17, 15) is 35.9 Å². The largest absolute Gasteiger partial charge is 0.497 e. The molecule has 48 heavy (non-hydrogen) atoms. The topological polar surface area (TPSA) is 124 Å². The summed E-state index contributed by atoms with van der Waals surface area (Å²) in [6, 6.07) is 13.9. The summed E-state index contributed by atoms with van der Waals surface area (Å²) in [4.78, 5) is 33.5. The number of nitrogens with one attached hydrogen (secondary N) is 1. The zero-order valence-electron chi connectivity index (χ0n) is 24.4. The van der Waals surface area contributed by atoms with Crippen LogP contribution in [0.1, 0.15) is 37.1 Å². The third-order valence-corrected chi connectivity index (χ3v) is 8.63. The van der Waals surface area contributed by atoms with Gasteiger partial charge in [0, 0.05) is 10.9 Å². The van der Waals surface area contributed by atoms with Crippen LogP contribution in [0.25, 0.3) is 38.2 Å². The molecule has 0 fully saturated rings. The lowest BCUT2D eigenvalue weighted by atomic mass is 10.00. The molecule has 2 aromatic carbocycles. The molecule has 0 aliphatic heterocycles. The fourth-order valence-corrected chi connectivity index (χ4v) is 6.19. The number of anilines is 1. The summed E-state index contributed by atoms with van der Waals surface area (Å²) in [6.07, 6.45) is -9.85. The number of aromatic nitrogens is 4. The molecule has 4 heterocycles. The van der Waals surface area contributed by atoms with Crippen LogP contribution in [0, 0.1) is 6.92 Å². The number of thiophene rings is 1. The number of hydrogen-bond donors (Lipinski definition) is 2. The van der Waals surface area contributed by atoms with Crippen LogP contribution in [0.15, 0.2) is 60.7 Å². The minimum Gasteiger partial charge on any atom is -0.497 e. The summed E-state index contributed by atoms with van der Waals surface area (Å²) in [5.74, 6) is -1.96. The number of primary amides is 1. The smallest absolute Gasteiger partial charge is 0.433 e. The van der Waals surface area contributed by atoms with Gasteiger partial charge in [0.1, 0.15) is 26.2 Å². The van der Waals surface area contributed by atoms with Crippen LogP contribution in [-0.2, 0) is 12.4 Å². The second-order valence-electron chi connectivity index (χ2n) is 10.4. The van der Waals surface area contributed by atoms with Crippen LogP contribution in [0.5, 0.6) is 5.75 Å². The van der Waals surface area contributed by atoms with Gasteiger partial charge in [-0.3, -0.25) is 9.59 Å². The molecule has 4 aromatic heterocycles. The molecular formula is C31H19ClF6N6O3S. The minimum absolute atomic E-state index is 0.0450. The van der Waals surface area contributed by atoms with E-state index in [1.165, 1.54) is 19.2 Å². The van der Waals surface area contributed by atoms with Crippen molar-refractivity contribution >= 4 is 56.3 Å². The molecule has 3 N–H and O–H groups in total. The van der Waals surface area contributed by atoms with E-state index >= 15 is 0 Å². The Labute approximate surface area is 274 Å². The normalized spacial score (nSPS) is 12.1. The first-order chi connectivity index (χ1) is 22.6. The summed E-state index contributed by atoms with van der Waals surface area (Å²) < 4.78 is 90.0. The lowest BCUT2D eigenvalue weighted by Gasteiger charge is -2.12. The van der Waals surface area contributed by atoms with Crippen molar-refractivity contribution < 1.29 is 40.7 Å². The Bertz CT molecular complexity index is 2260. The summed E-state index contributed by atoms with van der Waals surface area (Å²) in [5, 5.41) is 5.57. The second kappa shape index (κ2) is 11.8. The number of benzene rings is 2. The molecule has 2 amide bonds. The van der Waals surface area contributed by atoms with E-state index in [2.05, 4.69) is 20.4 Å². The van der Waals surface area contributed by atoms with Gasteiger partial charge in [0.25, 0.3) is 11.8 Å². The van der Waals surface area contributed by atoms with E-state index in [-0.39, 0.29) is 43.2 Å². The van der Waals surface area contributed by atoms with Crippen molar-refractivity contribution in [3.05, 3.63) is 93.2 Å². The lowest BCUT2D eigenvalue weighted by Crippen LogP contribution is -2.18. The number of nitrogens with zero attached hydrogens (tertiary/aromatic N) is 4. The van der Waals surface area contributed by atoms with Crippen LogP contribution in [0.4, 0.5) is 32.0 Å². The van der Waals surface area contributed by atoms with Crippen molar-refractivity contribution in [1.82, 2.24) is 19.6 Å². The first-order valence-corrected chi connectivity index (χ1v) is 14.8. The molecule has 17 heteroatoms. The maximum Gasteiger partial charge on any atom is 0.433 e. The molecule has 246 valence electrons. The average molecular weight is 705 g/mol. The standard InChI is InChI=1S/C31H19ClF6N6O3S/c1-13-6-8-14(9-7-13)17-11-19(30(33,34)35)41-29-21(17)23(25(48-29)26(39)45)42-28(46)24-22(32)27-40-18(15-4-3-5-16(10-15)47-2)12-20(31(36,37)38)44(27)43-24/h3-12H,1-2H3,(H2,39,45)(H,42,46). The highest BCUT2D eigenvalue weighted by atomic mass is 35.5. The molecule has 6 rings (SSSR count). The molecule has 0 aliphatic carbocycles. The zero-order chi connectivity index (χ0) is 34.7. The van der Waals surface area contributed by atoms with Gasteiger partial charge in [-0.05, 0) is 42.3 Å². The van der Waals surface area contributed by atoms with Gasteiger partial charge in [0.05, 0.1) is 18.5 Å². The van der Waals surface area contributed by atoms with Crippen molar-refractivity contribution in [2.24, 2.45) is 5.73 Å². The van der Waals surface area contributed by atoms with Crippen LogP contribution < -0.4 is 15.8 Å². The van der Waals surface area contributed by atoms with Crippen LogP contribution in [0.2, 0.25) is 5.02 Å². The fourth-order valence-electron chi connectivity index (χ4n) is 4.94. The highest BCUT2D eigenvalue weighted by Crippen LogP contribution is 2.44. The highest BCUT2D eigenvalue weighted by molar-refractivity contribution is 7.21. The van der Waals surface area contributed by atoms with Gasteiger partial charge in [0.15, 0.2) is 17.0 Å². The summed E-state index contributed by atoms with van der Waals surface area (Å²) in [7, 11) is 1.38. The molecule has 9 nitrogen and oxygen atoms in total. The lowest BCUT2D eigenvalue weighted by molar-refractivity contribution is -0.143.